The summed E-state index contributed by atoms with van der Waals surface area (Å²) in [5, 5.41) is 1.18. The molecule has 1 aromatic rings. The highest BCUT2D eigenvalue weighted by Crippen LogP contribution is 1.90. The van der Waals surface area contributed by atoms with Crippen LogP contribution in [0.4, 0.5) is 0 Å². The Morgan fingerprint density at radius 3 is 2.56 bits per heavy atom. The zero-order valence-electron chi connectivity index (χ0n) is 9.38. The molecule has 0 aliphatic heterocycles. The second kappa shape index (κ2) is 6.46. The van der Waals surface area contributed by atoms with Crippen molar-refractivity contribution in [2.75, 3.05) is 18.7 Å². The van der Waals surface area contributed by atoms with Crippen LogP contribution in [-0.2, 0) is 21.4 Å². The van der Waals surface area contributed by atoms with E-state index in [1.54, 1.807) is 30.2 Å². The van der Waals surface area contributed by atoms with Crippen molar-refractivity contribution in [3.8, 4) is 0 Å². The lowest BCUT2D eigenvalue weighted by molar-refractivity contribution is -0.671. The molecule has 1 rings (SSSR count). The standard InChI is InChI=1S/C9H14N3O3.HI/c1-4-15-9(14)8(13)11(3)12-6-5-10(2)7-12;/h5-7H,4H2,1-3H3;1H/q+1;/p-1. The molecule has 0 N–H and O–H groups in total. The van der Waals surface area contributed by atoms with Crippen molar-refractivity contribution in [1.29, 1.82) is 0 Å². The topological polar surface area (TPSA) is 55.4 Å². The summed E-state index contributed by atoms with van der Waals surface area (Å²) in [6, 6.07) is 0. The molecular formula is C9H14IN3O3. The van der Waals surface area contributed by atoms with Crippen LogP contribution >= 0.6 is 0 Å². The molecule has 7 heteroatoms. The minimum Gasteiger partial charge on any atom is -1.00 e. The number of carbonyl (C=O) groups is 2. The van der Waals surface area contributed by atoms with E-state index in [9.17, 15) is 9.59 Å². The van der Waals surface area contributed by atoms with Crippen LogP contribution in [0, 0.1) is 0 Å². The first-order chi connectivity index (χ1) is 7.06. The number of aryl methyl sites for hydroxylation is 1. The first kappa shape index (κ1) is 14.9. The van der Waals surface area contributed by atoms with Crippen molar-refractivity contribution in [1.82, 2.24) is 4.68 Å². The molecule has 0 saturated heterocycles. The molecule has 1 aromatic heterocycles. The zero-order valence-corrected chi connectivity index (χ0v) is 11.5. The fourth-order valence-electron chi connectivity index (χ4n) is 1.04. The summed E-state index contributed by atoms with van der Waals surface area (Å²) in [7, 11) is 3.32. The Balaban J connectivity index is 0.00000225. The van der Waals surface area contributed by atoms with Crippen LogP contribution in [0.25, 0.3) is 0 Å². The number of carbonyl (C=O) groups excluding carboxylic acids is 2. The molecule has 0 spiro atoms. The Bertz CT molecular complexity index is 378. The minimum atomic E-state index is -0.851. The number of amides is 1. The van der Waals surface area contributed by atoms with Gasteiger partial charge in [-0.2, -0.15) is 5.01 Å². The van der Waals surface area contributed by atoms with Crippen LogP contribution in [0.3, 0.4) is 0 Å². The summed E-state index contributed by atoms with van der Waals surface area (Å²) in [6.45, 7) is 1.85. The van der Waals surface area contributed by atoms with Gasteiger partial charge in [0.1, 0.15) is 6.20 Å². The van der Waals surface area contributed by atoms with E-state index >= 15 is 0 Å². The van der Waals surface area contributed by atoms with Gasteiger partial charge in [-0.05, 0) is 6.92 Å². The van der Waals surface area contributed by atoms with E-state index in [-0.39, 0.29) is 30.6 Å². The van der Waals surface area contributed by atoms with Gasteiger partial charge in [-0.25, -0.2) is 9.36 Å². The van der Waals surface area contributed by atoms with Crippen molar-refractivity contribution >= 4 is 11.9 Å². The molecule has 1 heterocycles. The molecular weight excluding hydrogens is 325 g/mol. The summed E-state index contributed by atoms with van der Waals surface area (Å²) >= 11 is 0. The smallest absolute Gasteiger partial charge is 0.400 e. The van der Waals surface area contributed by atoms with E-state index in [4.69, 9.17) is 0 Å². The van der Waals surface area contributed by atoms with E-state index in [1.165, 1.54) is 16.7 Å². The lowest BCUT2D eigenvalue weighted by Gasteiger charge is -2.10. The number of ether oxygens (including phenoxy) is 1. The van der Waals surface area contributed by atoms with Gasteiger partial charge in [0.25, 0.3) is 6.33 Å². The maximum Gasteiger partial charge on any atom is 0.400 e. The van der Waals surface area contributed by atoms with E-state index in [2.05, 4.69) is 4.74 Å². The summed E-state index contributed by atoms with van der Waals surface area (Å²) < 4.78 is 7.86. The molecule has 1 amide bonds. The SMILES string of the molecule is CCOC(=O)C(=O)N(C)n1cc[n+](C)c1.[I-]. The third-order valence-electron chi connectivity index (χ3n) is 1.85. The largest absolute Gasteiger partial charge is 1.00 e. The van der Waals surface area contributed by atoms with Crippen LogP contribution in [0.2, 0.25) is 0 Å². The number of halogens is 1. The van der Waals surface area contributed by atoms with Crippen LogP contribution in [0.1, 0.15) is 6.92 Å². The van der Waals surface area contributed by atoms with Gasteiger partial charge in [-0.3, -0.25) is 4.79 Å². The number of rotatable bonds is 2. The second-order valence-corrected chi connectivity index (χ2v) is 3.01. The Morgan fingerprint density at radius 2 is 2.12 bits per heavy atom. The number of hydrogen-bond donors (Lipinski definition) is 0. The van der Waals surface area contributed by atoms with E-state index < -0.39 is 11.9 Å². The highest BCUT2D eigenvalue weighted by atomic mass is 127. The van der Waals surface area contributed by atoms with Crippen molar-refractivity contribution in [3.05, 3.63) is 18.7 Å². The Morgan fingerprint density at radius 1 is 1.50 bits per heavy atom. The molecule has 0 aliphatic rings. The summed E-state index contributed by atoms with van der Waals surface area (Å²) in [5.41, 5.74) is 0. The average Bonchev–Trinajstić information content (AvgIpc) is 2.63. The Kier molecular flexibility index (Phi) is 6.01. The van der Waals surface area contributed by atoms with Crippen LogP contribution < -0.4 is 33.6 Å². The second-order valence-electron chi connectivity index (χ2n) is 3.01. The molecule has 90 valence electrons. The lowest BCUT2D eigenvalue weighted by atomic mass is 10.6. The van der Waals surface area contributed by atoms with Crippen LogP contribution in [-0.4, -0.2) is 30.2 Å². The molecule has 0 unspecified atom stereocenters. The van der Waals surface area contributed by atoms with Crippen LogP contribution in [0.15, 0.2) is 18.7 Å². The number of esters is 1. The molecule has 0 aromatic carbocycles. The van der Waals surface area contributed by atoms with Gasteiger partial charge in [-0.1, -0.05) is 0 Å². The maximum absolute atomic E-state index is 11.5. The number of nitrogens with zero attached hydrogens (tertiary/aromatic N) is 3. The number of likely N-dealkylation sites (N-methyl/N-ethyl adjacent to an activating group) is 1. The first-order valence-electron chi connectivity index (χ1n) is 4.54. The predicted octanol–water partition coefficient (Wildman–Crippen LogP) is -4.03. The number of hydrogen-bond acceptors (Lipinski definition) is 3. The molecule has 0 bridgehead atoms. The van der Waals surface area contributed by atoms with Crippen molar-refractivity contribution < 1.29 is 42.9 Å². The molecule has 6 nitrogen and oxygen atoms in total. The Hall–Kier alpha value is -1.12. The summed E-state index contributed by atoms with van der Waals surface area (Å²) in [5.74, 6) is -1.55. The number of aromatic nitrogens is 2. The monoisotopic (exact) mass is 339 g/mol. The fourth-order valence-corrected chi connectivity index (χ4v) is 1.04. The molecule has 16 heavy (non-hydrogen) atoms. The van der Waals surface area contributed by atoms with Gasteiger partial charge in [0.2, 0.25) is 0 Å². The predicted molar refractivity (Wildman–Crippen MR) is 51.4 cm³/mol. The fraction of sp³-hybridized carbons (Fsp3) is 0.444. The maximum atomic E-state index is 11.5. The summed E-state index contributed by atoms with van der Waals surface area (Å²) in [6.07, 6.45) is 5.09. The molecule has 0 atom stereocenters. The molecule has 0 fully saturated rings. The van der Waals surface area contributed by atoms with Gasteiger partial charge < -0.3 is 28.7 Å². The Labute approximate surface area is 111 Å². The van der Waals surface area contributed by atoms with Crippen molar-refractivity contribution in [2.24, 2.45) is 7.05 Å². The van der Waals surface area contributed by atoms with Gasteiger partial charge in [0, 0.05) is 0 Å². The van der Waals surface area contributed by atoms with Gasteiger partial charge in [-0.15, -0.1) is 4.68 Å². The third kappa shape index (κ3) is 3.47. The van der Waals surface area contributed by atoms with E-state index in [0.717, 1.165) is 0 Å². The quantitative estimate of drug-likeness (QED) is 0.239. The van der Waals surface area contributed by atoms with Crippen molar-refractivity contribution in [3.63, 3.8) is 0 Å². The number of imidazole rings is 1. The third-order valence-corrected chi connectivity index (χ3v) is 1.85. The van der Waals surface area contributed by atoms with Gasteiger partial charge >= 0.3 is 11.9 Å². The van der Waals surface area contributed by atoms with Crippen LogP contribution in [0.5, 0.6) is 0 Å². The molecule has 0 aliphatic carbocycles. The van der Waals surface area contributed by atoms with Gasteiger partial charge in [0.15, 0.2) is 6.20 Å². The first-order valence-corrected chi connectivity index (χ1v) is 4.54. The highest BCUT2D eigenvalue weighted by molar-refractivity contribution is 6.36. The normalized spacial score (nSPS) is 9.19. The zero-order chi connectivity index (χ0) is 11.4. The molecule has 0 radical (unpaired) electrons. The minimum absolute atomic E-state index is 0. The van der Waals surface area contributed by atoms with Crippen molar-refractivity contribution in [2.45, 2.75) is 6.92 Å². The highest BCUT2D eigenvalue weighted by Gasteiger charge is 2.24. The summed E-state index contributed by atoms with van der Waals surface area (Å²) in [4.78, 5) is 22.6. The molecule has 0 saturated carbocycles. The van der Waals surface area contributed by atoms with E-state index in [0.29, 0.717) is 0 Å². The average molecular weight is 339 g/mol. The van der Waals surface area contributed by atoms with Gasteiger partial charge in [0.05, 0.1) is 20.7 Å². The lowest BCUT2D eigenvalue weighted by Crippen LogP contribution is -3.00. The van der Waals surface area contributed by atoms with E-state index in [1.807, 2.05) is 7.05 Å².